The Morgan fingerprint density at radius 1 is 1.00 bits per heavy atom. The molecular weight excluding hydrogens is 494 g/mol. The van der Waals surface area contributed by atoms with E-state index >= 15 is 0 Å². The number of aryl methyl sites for hydroxylation is 2. The number of ether oxygens (including phenoxy) is 1. The molecule has 0 aliphatic carbocycles. The largest absolute Gasteiger partial charge is 0.397 e. The molecule has 2 aromatic carbocycles. The van der Waals surface area contributed by atoms with E-state index in [1.165, 1.54) is 0 Å². The van der Waals surface area contributed by atoms with Gasteiger partial charge in [0.05, 0.1) is 28.2 Å². The molecule has 0 bridgehead atoms. The summed E-state index contributed by atoms with van der Waals surface area (Å²) in [7, 11) is 0. The molecule has 0 unspecified atom stereocenters. The number of nitrogens with zero attached hydrogens (tertiary/aromatic N) is 3. The van der Waals surface area contributed by atoms with Crippen molar-refractivity contribution in [3.8, 4) is 11.4 Å². The maximum Gasteiger partial charge on any atom is 0.255 e. The van der Waals surface area contributed by atoms with Crippen LogP contribution in [0.3, 0.4) is 0 Å². The zero-order chi connectivity index (χ0) is 26.3. The average Bonchev–Trinajstić information content (AvgIpc) is 3.49. The number of carbonyl (C=O) groups is 1. The molecule has 0 atom stereocenters. The van der Waals surface area contributed by atoms with Crippen LogP contribution in [0, 0.1) is 13.8 Å². The van der Waals surface area contributed by atoms with Gasteiger partial charge in [-0.15, -0.1) is 11.3 Å². The molecule has 3 aromatic heterocycles. The third kappa shape index (κ3) is 4.15. The molecule has 1 saturated heterocycles. The third-order valence-electron chi connectivity index (χ3n) is 7.39. The van der Waals surface area contributed by atoms with Crippen molar-refractivity contribution in [1.29, 1.82) is 0 Å². The van der Waals surface area contributed by atoms with Crippen molar-refractivity contribution < 1.29 is 9.53 Å². The molecule has 192 valence electrons. The first-order chi connectivity index (χ1) is 18.5. The molecule has 0 spiro atoms. The van der Waals surface area contributed by atoms with E-state index in [0.717, 1.165) is 51.0 Å². The van der Waals surface area contributed by atoms with Gasteiger partial charge in [0.15, 0.2) is 0 Å². The zero-order valence-corrected chi connectivity index (χ0v) is 22.2. The summed E-state index contributed by atoms with van der Waals surface area (Å²) >= 11 is 1.74. The van der Waals surface area contributed by atoms with Crippen LogP contribution < -0.4 is 11.1 Å². The van der Waals surface area contributed by atoms with E-state index in [9.17, 15) is 4.79 Å². The summed E-state index contributed by atoms with van der Waals surface area (Å²) in [6.07, 6.45) is 3.70. The van der Waals surface area contributed by atoms with Crippen LogP contribution in [0.5, 0.6) is 0 Å². The molecule has 5 aromatic rings. The fourth-order valence-electron chi connectivity index (χ4n) is 5.31. The lowest BCUT2D eigenvalue weighted by Gasteiger charge is -2.36. The molecule has 0 saturated carbocycles. The second-order valence-electron chi connectivity index (χ2n) is 9.71. The monoisotopic (exact) mass is 523 g/mol. The van der Waals surface area contributed by atoms with Crippen LogP contribution in [-0.2, 0) is 10.2 Å². The Labute approximate surface area is 225 Å². The average molecular weight is 524 g/mol. The highest BCUT2D eigenvalue weighted by Gasteiger charge is 2.40. The van der Waals surface area contributed by atoms with Gasteiger partial charge in [-0.25, -0.2) is 9.97 Å². The highest BCUT2D eigenvalue weighted by molar-refractivity contribution is 7.12. The topological polar surface area (TPSA) is 94.5 Å². The van der Waals surface area contributed by atoms with Gasteiger partial charge in [-0.1, -0.05) is 30.3 Å². The van der Waals surface area contributed by atoms with Crippen LogP contribution in [0.2, 0.25) is 0 Å². The number of nitrogen functional groups attached to an aromatic ring is 1. The molecule has 3 N–H and O–H groups in total. The van der Waals surface area contributed by atoms with Crippen LogP contribution in [0.1, 0.15) is 44.3 Å². The SMILES string of the molecule is Cc1nc2ccccn2c1-c1nc(C2(c3ccc(C(=O)Nc4ccccc4N)cc3)CCOCC2)sc1C. The van der Waals surface area contributed by atoms with Crippen LogP contribution in [0.4, 0.5) is 11.4 Å². The number of benzene rings is 2. The van der Waals surface area contributed by atoms with Crippen molar-refractivity contribution in [3.05, 3.63) is 99.6 Å². The van der Waals surface area contributed by atoms with E-state index in [0.29, 0.717) is 30.2 Å². The van der Waals surface area contributed by atoms with Crippen molar-refractivity contribution in [3.63, 3.8) is 0 Å². The first kappa shape index (κ1) is 24.3. The third-order valence-corrected chi connectivity index (χ3v) is 8.56. The van der Waals surface area contributed by atoms with Gasteiger partial charge in [0, 0.05) is 29.9 Å². The Hall–Kier alpha value is -4.01. The van der Waals surface area contributed by atoms with Crippen molar-refractivity contribution >= 4 is 34.3 Å². The van der Waals surface area contributed by atoms with Crippen LogP contribution in [-0.4, -0.2) is 33.5 Å². The van der Waals surface area contributed by atoms with Crippen LogP contribution in [0.15, 0.2) is 72.9 Å². The number of fused-ring (bicyclic) bond motifs is 1. The van der Waals surface area contributed by atoms with E-state index in [1.54, 1.807) is 23.5 Å². The molecule has 1 amide bonds. The van der Waals surface area contributed by atoms with Crippen molar-refractivity contribution in [2.24, 2.45) is 0 Å². The molecule has 0 radical (unpaired) electrons. The van der Waals surface area contributed by atoms with Gasteiger partial charge in [-0.05, 0) is 68.7 Å². The van der Waals surface area contributed by atoms with Crippen LogP contribution >= 0.6 is 11.3 Å². The van der Waals surface area contributed by atoms with Gasteiger partial charge in [0.2, 0.25) is 0 Å². The Morgan fingerprint density at radius 2 is 1.74 bits per heavy atom. The minimum atomic E-state index is -0.279. The normalized spacial score (nSPS) is 15.0. The van der Waals surface area contributed by atoms with E-state index < -0.39 is 0 Å². The highest BCUT2D eigenvalue weighted by Crippen LogP contribution is 2.45. The Bertz CT molecular complexity index is 1630. The van der Waals surface area contributed by atoms with E-state index in [4.69, 9.17) is 20.4 Å². The number of nitrogens with one attached hydrogen (secondary N) is 1. The number of para-hydroxylation sites is 2. The number of hydrogen-bond acceptors (Lipinski definition) is 6. The number of aromatic nitrogens is 3. The summed E-state index contributed by atoms with van der Waals surface area (Å²) < 4.78 is 7.90. The molecule has 7 nitrogen and oxygen atoms in total. The predicted molar refractivity (Wildman–Crippen MR) is 152 cm³/mol. The quantitative estimate of drug-likeness (QED) is 0.275. The molecule has 1 aliphatic rings. The van der Waals surface area contributed by atoms with Crippen molar-refractivity contribution in [2.45, 2.75) is 32.1 Å². The van der Waals surface area contributed by atoms with Crippen molar-refractivity contribution in [2.75, 3.05) is 24.3 Å². The predicted octanol–water partition coefficient (Wildman–Crippen LogP) is 6.01. The molecule has 38 heavy (non-hydrogen) atoms. The molecular formula is C30H29N5O2S. The van der Waals surface area contributed by atoms with Gasteiger partial charge in [0.25, 0.3) is 5.91 Å². The summed E-state index contributed by atoms with van der Waals surface area (Å²) in [5.74, 6) is -0.189. The first-order valence-corrected chi connectivity index (χ1v) is 13.5. The summed E-state index contributed by atoms with van der Waals surface area (Å²) in [4.78, 5) is 24.1. The van der Waals surface area contributed by atoms with E-state index in [2.05, 4.69) is 28.8 Å². The van der Waals surface area contributed by atoms with Gasteiger partial charge >= 0.3 is 0 Å². The number of thiazole rings is 1. The molecule has 4 heterocycles. The number of anilines is 2. The number of rotatable bonds is 5. The summed E-state index contributed by atoms with van der Waals surface area (Å²) in [6, 6.07) is 21.2. The fourth-order valence-corrected chi connectivity index (χ4v) is 6.49. The smallest absolute Gasteiger partial charge is 0.255 e. The minimum Gasteiger partial charge on any atom is -0.397 e. The van der Waals surface area contributed by atoms with E-state index in [-0.39, 0.29) is 11.3 Å². The fraction of sp³-hybridized carbons (Fsp3) is 0.233. The molecule has 6 rings (SSSR count). The lowest BCUT2D eigenvalue weighted by molar-refractivity contribution is 0.0630. The van der Waals surface area contributed by atoms with Gasteiger partial charge < -0.3 is 15.8 Å². The lowest BCUT2D eigenvalue weighted by atomic mass is 9.74. The summed E-state index contributed by atoms with van der Waals surface area (Å²) in [5.41, 5.74) is 12.5. The second kappa shape index (κ2) is 9.70. The standard InChI is InChI=1S/C30H29N5O2S/c1-19-27(35-16-6-5-9-25(35)32-19)26-20(2)38-29(34-26)30(14-17-37-18-15-30)22-12-10-21(11-13-22)28(36)33-24-8-4-3-7-23(24)31/h3-13,16H,14-15,17-18,31H2,1-2H3,(H,33,36). The van der Waals surface area contributed by atoms with Gasteiger partial charge in [-0.2, -0.15) is 0 Å². The zero-order valence-electron chi connectivity index (χ0n) is 21.4. The number of amides is 1. The van der Waals surface area contributed by atoms with Gasteiger partial charge in [-0.3, -0.25) is 9.20 Å². The highest BCUT2D eigenvalue weighted by atomic mass is 32.1. The first-order valence-electron chi connectivity index (χ1n) is 12.7. The van der Waals surface area contributed by atoms with Crippen molar-refractivity contribution in [1.82, 2.24) is 14.4 Å². The Morgan fingerprint density at radius 3 is 2.50 bits per heavy atom. The second-order valence-corrected chi connectivity index (χ2v) is 10.9. The minimum absolute atomic E-state index is 0.189. The summed E-state index contributed by atoms with van der Waals surface area (Å²) in [5, 5.41) is 3.99. The molecule has 8 heteroatoms. The Balaban J connectivity index is 1.36. The molecule has 1 aliphatic heterocycles. The number of pyridine rings is 1. The summed E-state index contributed by atoms with van der Waals surface area (Å²) in [6.45, 7) is 5.50. The Kier molecular flexibility index (Phi) is 6.21. The van der Waals surface area contributed by atoms with E-state index in [1.807, 2.05) is 55.6 Å². The van der Waals surface area contributed by atoms with Crippen LogP contribution in [0.25, 0.3) is 17.0 Å². The van der Waals surface area contributed by atoms with Gasteiger partial charge in [0.1, 0.15) is 16.3 Å². The number of carbonyl (C=O) groups excluding carboxylic acids is 1. The maximum atomic E-state index is 12.9. The number of nitrogens with two attached hydrogens (primary N) is 1. The number of imidazole rings is 1. The lowest BCUT2D eigenvalue weighted by Crippen LogP contribution is -2.35. The number of hydrogen-bond donors (Lipinski definition) is 2. The molecule has 1 fully saturated rings. The maximum absolute atomic E-state index is 12.9.